The number of hydrogen-bond acceptors (Lipinski definition) is 4. The molecule has 0 radical (unpaired) electrons. The van der Waals surface area contributed by atoms with E-state index in [4.69, 9.17) is 0 Å². The molecule has 0 aromatic rings. The Morgan fingerprint density at radius 2 is 1.89 bits per heavy atom. The summed E-state index contributed by atoms with van der Waals surface area (Å²) in [5, 5.41) is 6.04. The summed E-state index contributed by atoms with van der Waals surface area (Å²) >= 11 is 0. The van der Waals surface area contributed by atoms with Gasteiger partial charge in [0.2, 0.25) is 5.91 Å². The summed E-state index contributed by atoms with van der Waals surface area (Å²) in [4.78, 5) is 29.6. The molecule has 2 aliphatic rings. The second-order valence-corrected chi connectivity index (χ2v) is 5.31. The van der Waals surface area contributed by atoms with Gasteiger partial charge in [-0.3, -0.25) is 14.5 Å². The van der Waals surface area contributed by atoms with Crippen LogP contribution in [-0.4, -0.2) is 54.3 Å². The molecule has 1 saturated heterocycles. The van der Waals surface area contributed by atoms with Crippen LogP contribution in [0.4, 0.5) is 0 Å². The van der Waals surface area contributed by atoms with Gasteiger partial charge in [-0.2, -0.15) is 4.99 Å². The lowest BCUT2D eigenvalue weighted by molar-refractivity contribution is -0.132. The van der Waals surface area contributed by atoms with Crippen molar-refractivity contribution in [3.63, 3.8) is 0 Å². The van der Waals surface area contributed by atoms with Crippen molar-refractivity contribution in [2.24, 2.45) is 10.9 Å². The number of carbonyl (C=O) groups excluding carboxylic acids is 2. The molecule has 0 spiro atoms. The SMILES string of the molecule is CC1C(=O)N=C(C(C)(C)N2CCNCC2)NC1=O. The van der Waals surface area contributed by atoms with Gasteiger partial charge in [-0.25, -0.2) is 0 Å². The van der Waals surface area contributed by atoms with E-state index in [0.717, 1.165) is 26.2 Å². The molecule has 2 aliphatic heterocycles. The summed E-state index contributed by atoms with van der Waals surface area (Å²) in [5.74, 6) is -0.810. The van der Waals surface area contributed by atoms with E-state index >= 15 is 0 Å². The van der Waals surface area contributed by atoms with Gasteiger partial charge >= 0.3 is 0 Å². The predicted octanol–water partition coefficient (Wildman–Crippen LogP) is -0.639. The highest BCUT2D eigenvalue weighted by Gasteiger charge is 2.39. The van der Waals surface area contributed by atoms with Gasteiger partial charge in [-0.15, -0.1) is 0 Å². The second kappa shape index (κ2) is 4.78. The molecule has 1 atom stereocenters. The summed E-state index contributed by atoms with van der Waals surface area (Å²) in [6.45, 7) is 9.14. The minimum absolute atomic E-state index is 0.256. The molecule has 2 rings (SSSR count). The van der Waals surface area contributed by atoms with Crippen LogP contribution in [0, 0.1) is 5.92 Å². The van der Waals surface area contributed by atoms with Crippen LogP contribution in [0.25, 0.3) is 0 Å². The summed E-state index contributed by atoms with van der Waals surface area (Å²) in [5.41, 5.74) is -0.423. The standard InChI is InChI=1S/C12H20N4O2/c1-8-9(17)14-11(15-10(8)18)12(2,3)16-6-4-13-5-7-16/h8,13H,4-7H2,1-3H3,(H,14,15,17,18). The molecular weight excluding hydrogens is 232 g/mol. The first-order chi connectivity index (χ1) is 8.43. The van der Waals surface area contributed by atoms with Gasteiger partial charge in [-0.05, 0) is 20.8 Å². The monoisotopic (exact) mass is 252 g/mol. The first-order valence-electron chi connectivity index (χ1n) is 6.32. The highest BCUT2D eigenvalue weighted by Crippen LogP contribution is 2.19. The molecule has 0 bridgehead atoms. The van der Waals surface area contributed by atoms with E-state index in [0.29, 0.717) is 5.84 Å². The molecule has 2 amide bonds. The van der Waals surface area contributed by atoms with Crippen molar-refractivity contribution in [2.75, 3.05) is 26.2 Å². The average molecular weight is 252 g/mol. The molecule has 100 valence electrons. The molecule has 6 heteroatoms. The maximum absolute atomic E-state index is 11.7. The van der Waals surface area contributed by atoms with Gasteiger partial charge in [0.05, 0.1) is 5.54 Å². The van der Waals surface area contributed by atoms with Gasteiger partial charge in [0.1, 0.15) is 11.8 Å². The quantitative estimate of drug-likeness (QED) is 0.641. The lowest BCUT2D eigenvalue weighted by Crippen LogP contribution is -2.62. The highest BCUT2D eigenvalue weighted by atomic mass is 16.2. The molecule has 2 N–H and O–H groups in total. The summed E-state index contributed by atoms with van der Waals surface area (Å²) in [6, 6.07) is 0. The van der Waals surface area contributed by atoms with Crippen molar-refractivity contribution in [3.05, 3.63) is 0 Å². The Morgan fingerprint density at radius 1 is 1.28 bits per heavy atom. The highest BCUT2D eigenvalue weighted by molar-refractivity contribution is 6.17. The predicted molar refractivity (Wildman–Crippen MR) is 68.3 cm³/mol. The average Bonchev–Trinajstić information content (AvgIpc) is 2.36. The van der Waals surface area contributed by atoms with Crippen molar-refractivity contribution < 1.29 is 9.59 Å². The molecule has 6 nitrogen and oxygen atoms in total. The van der Waals surface area contributed by atoms with E-state index in [1.54, 1.807) is 6.92 Å². The third-order valence-corrected chi connectivity index (χ3v) is 3.71. The van der Waals surface area contributed by atoms with Crippen LogP contribution in [0.2, 0.25) is 0 Å². The van der Waals surface area contributed by atoms with Crippen LogP contribution in [0.1, 0.15) is 20.8 Å². The molecule has 0 saturated carbocycles. The minimum atomic E-state index is -0.674. The Labute approximate surface area is 107 Å². The van der Waals surface area contributed by atoms with Crippen molar-refractivity contribution >= 4 is 17.6 Å². The van der Waals surface area contributed by atoms with Crippen molar-refractivity contribution in [1.29, 1.82) is 0 Å². The molecular formula is C12H20N4O2. The van der Waals surface area contributed by atoms with Crippen molar-refractivity contribution in [2.45, 2.75) is 26.3 Å². The van der Waals surface area contributed by atoms with E-state index in [1.165, 1.54) is 0 Å². The van der Waals surface area contributed by atoms with E-state index in [-0.39, 0.29) is 11.8 Å². The third-order valence-electron chi connectivity index (χ3n) is 3.71. The van der Waals surface area contributed by atoms with Gasteiger partial charge in [0.25, 0.3) is 5.91 Å². The van der Waals surface area contributed by atoms with Crippen molar-refractivity contribution in [1.82, 2.24) is 15.5 Å². The Bertz CT molecular complexity index is 397. The second-order valence-electron chi connectivity index (χ2n) is 5.31. The zero-order valence-corrected chi connectivity index (χ0v) is 11.1. The van der Waals surface area contributed by atoms with Crippen LogP contribution >= 0.6 is 0 Å². The molecule has 1 unspecified atom stereocenters. The molecule has 2 heterocycles. The lowest BCUT2D eigenvalue weighted by Gasteiger charge is -2.42. The number of rotatable bonds is 2. The normalized spacial score (nSPS) is 26.8. The molecule has 0 aliphatic carbocycles. The van der Waals surface area contributed by atoms with Gasteiger partial charge in [-0.1, -0.05) is 0 Å². The Hall–Kier alpha value is -1.27. The van der Waals surface area contributed by atoms with Crippen LogP contribution in [0.15, 0.2) is 4.99 Å². The Kier molecular flexibility index (Phi) is 3.49. The van der Waals surface area contributed by atoms with E-state index in [9.17, 15) is 9.59 Å². The number of nitrogens with one attached hydrogen (secondary N) is 2. The van der Waals surface area contributed by atoms with Gasteiger partial charge in [0, 0.05) is 26.2 Å². The molecule has 0 aromatic carbocycles. The smallest absolute Gasteiger partial charge is 0.259 e. The summed E-state index contributed by atoms with van der Waals surface area (Å²) in [6.07, 6.45) is 0. The van der Waals surface area contributed by atoms with Gasteiger partial charge < -0.3 is 10.6 Å². The fraction of sp³-hybridized carbons (Fsp3) is 0.750. The summed E-state index contributed by atoms with van der Waals surface area (Å²) in [7, 11) is 0. The number of amidine groups is 1. The van der Waals surface area contributed by atoms with Gasteiger partial charge in [0.15, 0.2) is 0 Å². The van der Waals surface area contributed by atoms with Crippen LogP contribution in [0.3, 0.4) is 0 Å². The Balaban J connectivity index is 2.21. The number of piperazine rings is 1. The lowest BCUT2D eigenvalue weighted by atomic mass is 9.97. The molecule has 18 heavy (non-hydrogen) atoms. The van der Waals surface area contributed by atoms with E-state index in [1.807, 2.05) is 13.8 Å². The van der Waals surface area contributed by atoms with Crippen LogP contribution in [0.5, 0.6) is 0 Å². The maximum Gasteiger partial charge on any atom is 0.259 e. The number of hydrogen-bond donors (Lipinski definition) is 2. The minimum Gasteiger partial charge on any atom is -0.314 e. The fourth-order valence-corrected chi connectivity index (χ4v) is 2.24. The largest absolute Gasteiger partial charge is 0.314 e. The molecule has 0 aromatic heterocycles. The number of nitrogens with zero attached hydrogens (tertiary/aromatic N) is 2. The third kappa shape index (κ3) is 2.30. The number of amides is 2. The van der Waals surface area contributed by atoms with E-state index in [2.05, 4.69) is 20.5 Å². The zero-order valence-electron chi connectivity index (χ0n) is 11.1. The Morgan fingerprint density at radius 3 is 2.44 bits per heavy atom. The zero-order chi connectivity index (χ0) is 13.3. The van der Waals surface area contributed by atoms with Crippen LogP contribution in [-0.2, 0) is 9.59 Å². The van der Waals surface area contributed by atoms with Crippen molar-refractivity contribution in [3.8, 4) is 0 Å². The first kappa shape index (κ1) is 13.2. The number of carbonyl (C=O) groups is 2. The fourth-order valence-electron chi connectivity index (χ4n) is 2.24. The maximum atomic E-state index is 11.7. The summed E-state index contributed by atoms with van der Waals surface area (Å²) < 4.78 is 0. The topological polar surface area (TPSA) is 73.8 Å². The molecule has 1 fully saturated rings. The van der Waals surface area contributed by atoms with E-state index < -0.39 is 11.5 Å². The number of aliphatic imine (C=N–C) groups is 1. The first-order valence-corrected chi connectivity index (χ1v) is 6.32. The van der Waals surface area contributed by atoms with Crippen LogP contribution < -0.4 is 10.6 Å².